The van der Waals surface area contributed by atoms with Gasteiger partial charge in [-0.05, 0) is 42.9 Å². The van der Waals surface area contributed by atoms with Gasteiger partial charge in [0.25, 0.3) is 0 Å². The average molecular weight is 258 g/mol. The molecule has 2 N–H and O–H groups in total. The number of anilines is 1. The molecule has 0 radical (unpaired) electrons. The van der Waals surface area contributed by atoms with Gasteiger partial charge < -0.3 is 10.5 Å². The van der Waals surface area contributed by atoms with Gasteiger partial charge in [-0.2, -0.15) is 5.26 Å². The van der Waals surface area contributed by atoms with Crippen LogP contribution in [0.2, 0.25) is 0 Å². The van der Waals surface area contributed by atoms with Crippen molar-refractivity contribution in [1.82, 2.24) is 0 Å². The van der Waals surface area contributed by atoms with E-state index < -0.39 is 5.97 Å². The van der Waals surface area contributed by atoms with Crippen molar-refractivity contribution in [3.8, 4) is 6.07 Å². The minimum atomic E-state index is -0.473. The number of nitriles is 1. The quantitative estimate of drug-likeness (QED) is 0.620. The first kappa shape index (κ1) is 13.4. The smallest absolute Gasteiger partial charge is 0.340 e. The van der Waals surface area contributed by atoms with Gasteiger partial charge in [-0.25, -0.2) is 4.79 Å². The maximum absolute atomic E-state index is 11.7. The van der Waals surface area contributed by atoms with E-state index >= 15 is 0 Å². The van der Waals surface area contributed by atoms with Crippen molar-refractivity contribution in [3.05, 3.63) is 28.3 Å². The highest BCUT2D eigenvalue weighted by Crippen LogP contribution is 2.30. The van der Waals surface area contributed by atoms with E-state index in [2.05, 4.69) is 6.07 Å². The summed E-state index contributed by atoms with van der Waals surface area (Å²) in [4.78, 5) is 11.7. The molecule has 4 heteroatoms. The van der Waals surface area contributed by atoms with Crippen molar-refractivity contribution in [3.63, 3.8) is 0 Å². The molecule has 100 valence electrons. The molecular weight excluding hydrogens is 240 g/mol. The fourth-order valence-electron chi connectivity index (χ4n) is 2.68. The van der Waals surface area contributed by atoms with Crippen molar-refractivity contribution < 1.29 is 9.53 Å². The number of methoxy groups -OCH3 is 1. The maximum atomic E-state index is 11.7. The lowest BCUT2D eigenvalue weighted by atomic mass is 9.87. The fourth-order valence-corrected chi connectivity index (χ4v) is 2.68. The number of fused-ring (bicyclic) bond motifs is 1. The number of nitrogen functional groups attached to an aromatic ring is 1. The zero-order valence-electron chi connectivity index (χ0n) is 11.2. The van der Waals surface area contributed by atoms with E-state index in [4.69, 9.17) is 10.5 Å². The van der Waals surface area contributed by atoms with Crippen LogP contribution in [0.25, 0.3) is 0 Å². The number of benzene rings is 1. The molecule has 19 heavy (non-hydrogen) atoms. The predicted molar refractivity (Wildman–Crippen MR) is 72.8 cm³/mol. The Morgan fingerprint density at radius 1 is 1.32 bits per heavy atom. The van der Waals surface area contributed by atoms with Gasteiger partial charge in [0.1, 0.15) is 6.07 Å². The first-order valence-corrected chi connectivity index (χ1v) is 6.61. The molecule has 0 spiro atoms. The van der Waals surface area contributed by atoms with Crippen LogP contribution < -0.4 is 5.73 Å². The van der Waals surface area contributed by atoms with Crippen LogP contribution in [0.1, 0.15) is 52.7 Å². The third kappa shape index (κ3) is 2.55. The van der Waals surface area contributed by atoms with Gasteiger partial charge in [-0.3, -0.25) is 0 Å². The Morgan fingerprint density at radius 2 is 2.00 bits per heavy atom. The van der Waals surface area contributed by atoms with Crippen LogP contribution in [-0.4, -0.2) is 13.1 Å². The molecule has 0 unspecified atom stereocenters. The SMILES string of the molecule is COC(=O)c1cc2c(c(C#N)c1N)CCCCCC2. The van der Waals surface area contributed by atoms with Crippen molar-refractivity contribution in [1.29, 1.82) is 5.26 Å². The van der Waals surface area contributed by atoms with Gasteiger partial charge >= 0.3 is 5.97 Å². The lowest BCUT2D eigenvalue weighted by Crippen LogP contribution is -2.12. The lowest BCUT2D eigenvalue weighted by Gasteiger charge is -2.18. The standard InChI is InChI=1S/C15H18N2O2/c1-19-15(18)12-8-10-6-4-2-3-5-7-11(10)13(9-16)14(12)17/h8H,2-7,17H2,1H3. The minimum Gasteiger partial charge on any atom is -0.465 e. The van der Waals surface area contributed by atoms with Gasteiger partial charge in [-0.1, -0.05) is 12.8 Å². The number of nitrogens with two attached hydrogens (primary N) is 1. The molecule has 2 rings (SSSR count). The minimum absolute atomic E-state index is 0.258. The Morgan fingerprint density at radius 3 is 2.63 bits per heavy atom. The van der Waals surface area contributed by atoms with E-state index in [0.717, 1.165) is 36.8 Å². The number of ether oxygens (including phenoxy) is 1. The topological polar surface area (TPSA) is 76.1 Å². The van der Waals surface area contributed by atoms with Gasteiger partial charge in [-0.15, -0.1) is 0 Å². The Bertz CT molecular complexity index is 544. The summed E-state index contributed by atoms with van der Waals surface area (Å²) < 4.78 is 4.74. The van der Waals surface area contributed by atoms with Gasteiger partial charge in [0.2, 0.25) is 0 Å². The second-order valence-corrected chi connectivity index (χ2v) is 4.87. The zero-order valence-corrected chi connectivity index (χ0v) is 11.2. The molecule has 0 saturated heterocycles. The Labute approximate surface area is 113 Å². The molecule has 1 aromatic rings. The fraction of sp³-hybridized carbons (Fsp3) is 0.467. The lowest BCUT2D eigenvalue weighted by molar-refractivity contribution is 0.0602. The zero-order chi connectivity index (χ0) is 13.8. The third-order valence-electron chi connectivity index (χ3n) is 3.71. The molecule has 1 aliphatic rings. The summed E-state index contributed by atoms with van der Waals surface area (Å²) in [5.41, 5.74) is 9.09. The Kier molecular flexibility index (Phi) is 4.06. The van der Waals surface area contributed by atoms with Crippen LogP contribution in [0.15, 0.2) is 6.07 Å². The number of carbonyl (C=O) groups excluding carboxylic acids is 1. The molecule has 1 aliphatic carbocycles. The van der Waals surface area contributed by atoms with Crippen molar-refractivity contribution in [2.75, 3.05) is 12.8 Å². The molecule has 1 aromatic carbocycles. The first-order valence-electron chi connectivity index (χ1n) is 6.61. The number of esters is 1. The van der Waals surface area contributed by atoms with Crippen molar-refractivity contribution in [2.24, 2.45) is 0 Å². The number of aryl methyl sites for hydroxylation is 1. The number of rotatable bonds is 1. The normalized spacial score (nSPS) is 14.7. The first-order chi connectivity index (χ1) is 9.19. The molecule has 0 saturated carbocycles. The molecule has 0 atom stereocenters. The molecule has 0 aliphatic heterocycles. The largest absolute Gasteiger partial charge is 0.465 e. The van der Waals surface area contributed by atoms with Crippen LogP contribution in [0.5, 0.6) is 0 Å². The van der Waals surface area contributed by atoms with Crippen LogP contribution in [0, 0.1) is 11.3 Å². The van der Waals surface area contributed by atoms with Crippen molar-refractivity contribution >= 4 is 11.7 Å². The summed E-state index contributed by atoms with van der Waals surface area (Å²) in [5.74, 6) is -0.473. The van der Waals surface area contributed by atoms with E-state index in [1.807, 2.05) is 6.07 Å². The van der Waals surface area contributed by atoms with Gasteiger partial charge in [0.15, 0.2) is 0 Å². The van der Waals surface area contributed by atoms with E-state index in [0.29, 0.717) is 11.1 Å². The third-order valence-corrected chi connectivity index (χ3v) is 3.71. The predicted octanol–water partition coefficient (Wildman–Crippen LogP) is 2.59. The average Bonchev–Trinajstić information content (AvgIpc) is 2.39. The molecular formula is C15H18N2O2. The van der Waals surface area contributed by atoms with Crippen LogP contribution in [0.3, 0.4) is 0 Å². The molecule has 0 fully saturated rings. The second kappa shape index (κ2) is 5.75. The summed E-state index contributed by atoms with van der Waals surface area (Å²) in [6.07, 6.45) is 6.29. The van der Waals surface area contributed by atoms with Crippen molar-refractivity contribution in [2.45, 2.75) is 38.5 Å². The van der Waals surface area contributed by atoms with E-state index in [-0.39, 0.29) is 5.69 Å². The molecule has 0 heterocycles. The highest BCUT2D eigenvalue weighted by atomic mass is 16.5. The maximum Gasteiger partial charge on any atom is 0.340 e. The second-order valence-electron chi connectivity index (χ2n) is 4.87. The Hall–Kier alpha value is -2.02. The van der Waals surface area contributed by atoms with Gasteiger partial charge in [0.05, 0.1) is 23.9 Å². The molecule has 0 aromatic heterocycles. The summed E-state index contributed by atoms with van der Waals surface area (Å²) in [7, 11) is 1.32. The molecule has 0 bridgehead atoms. The van der Waals surface area contributed by atoms with E-state index in [9.17, 15) is 10.1 Å². The van der Waals surface area contributed by atoms with Gasteiger partial charge in [0, 0.05) is 0 Å². The Balaban J connectivity index is 2.60. The highest BCUT2D eigenvalue weighted by Gasteiger charge is 2.21. The van der Waals surface area contributed by atoms with E-state index in [1.165, 1.54) is 20.0 Å². The summed E-state index contributed by atoms with van der Waals surface area (Å²) in [6, 6.07) is 3.97. The van der Waals surface area contributed by atoms with Crippen LogP contribution in [0.4, 0.5) is 5.69 Å². The number of hydrogen-bond donors (Lipinski definition) is 1. The molecule has 4 nitrogen and oxygen atoms in total. The summed E-state index contributed by atoms with van der Waals surface area (Å²) in [6.45, 7) is 0. The highest BCUT2D eigenvalue weighted by molar-refractivity contribution is 5.97. The number of hydrogen-bond acceptors (Lipinski definition) is 4. The van der Waals surface area contributed by atoms with Crippen LogP contribution >= 0.6 is 0 Å². The number of carbonyl (C=O) groups is 1. The summed E-state index contributed by atoms with van der Waals surface area (Å²) in [5, 5.41) is 9.33. The summed E-state index contributed by atoms with van der Waals surface area (Å²) >= 11 is 0. The van der Waals surface area contributed by atoms with Crippen LogP contribution in [-0.2, 0) is 17.6 Å². The number of nitrogens with zero attached hydrogens (tertiary/aromatic N) is 1. The molecule has 0 amide bonds. The van der Waals surface area contributed by atoms with E-state index in [1.54, 1.807) is 0 Å². The monoisotopic (exact) mass is 258 g/mol.